The number of nitrogens with one attached hydrogen (secondary N) is 1. The number of hydrogen-bond acceptors (Lipinski definition) is 8. The van der Waals surface area contributed by atoms with Crippen LogP contribution in [0.2, 0.25) is 0 Å². The molecule has 0 amide bonds. The van der Waals surface area contributed by atoms with E-state index in [1.165, 1.54) is 5.30 Å². The number of fused-ring (bicyclic) bond motifs is 1. The minimum atomic E-state index is -0.370. The Morgan fingerprint density at radius 1 is 1.08 bits per heavy atom. The second-order valence-corrected chi connectivity index (χ2v) is 10.3. The summed E-state index contributed by atoms with van der Waals surface area (Å²) in [5, 5.41) is 14.8. The third-order valence-corrected chi connectivity index (χ3v) is 7.61. The first-order chi connectivity index (χ1) is 18.1. The molecule has 2 aromatic carbocycles. The SMILES string of the molecule is COCCOc1cc2ncnc(Nc3cccc(PC)c3)c2cc1OC1CCCC(C(=O)CO)CCC1. The lowest BCUT2D eigenvalue weighted by molar-refractivity contribution is -0.126. The van der Waals surface area contributed by atoms with Crippen molar-refractivity contribution in [3.8, 4) is 11.5 Å². The minimum absolute atomic E-state index is 0.00988. The van der Waals surface area contributed by atoms with E-state index in [0.717, 1.165) is 55.1 Å². The molecule has 0 radical (unpaired) electrons. The van der Waals surface area contributed by atoms with Crippen molar-refractivity contribution in [2.24, 2.45) is 5.92 Å². The summed E-state index contributed by atoms with van der Waals surface area (Å²) in [5.74, 6) is 1.89. The number of carbonyl (C=O) groups excluding carboxylic acids is 1. The van der Waals surface area contributed by atoms with Gasteiger partial charge in [-0.25, -0.2) is 9.97 Å². The summed E-state index contributed by atoms with van der Waals surface area (Å²) in [6.45, 7) is 2.65. The van der Waals surface area contributed by atoms with Crippen molar-refractivity contribution < 1.29 is 24.1 Å². The lowest BCUT2D eigenvalue weighted by atomic mass is 9.87. The zero-order valence-electron chi connectivity index (χ0n) is 21.5. The van der Waals surface area contributed by atoms with E-state index >= 15 is 0 Å². The molecule has 9 heteroatoms. The van der Waals surface area contributed by atoms with Gasteiger partial charge >= 0.3 is 0 Å². The highest BCUT2D eigenvalue weighted by molar-refractivity contribution is 7.46. The molecular weight excluding hydrogens is 489 g/mol. The number of rotatable bonds is 11. The molecule has 37 heavy (non-hydrogen) atoms. The molecule has 0 saturated heterocycles. The summed E-state index contributed by atoms with van der Waals surface area (Å²) in [5.41, 5.74) is 1.73. The van der Waals surface area contributed by atoms with Crippen LogP contribution in [-0.4, -0.2) is 60.6 Å². The van der Waals surface area contributed by atoms with Crippen molar-refractivity contribution in [1.82, 2.24) is 9.97 Å². The Morgan fingerprint density at radius 3 is 2.62 bits per heavy atom. The van der Waals surface area contributed by atoms with Gasteiger partial charge in [-0.2, -0.15) is 0 Å². The average molecular weight is 526 g/mol. The van der Waals surface area contributed by atoms with E-state index in [2.05, 4.69) is 34.1 Å². The van der Waals surface area contributed by atoms with Crippen LogP contribution in [0.1, 0.15) is 38.5 Å². The monoisotopic (exact) mass is 525 g/mol. The number of methoxy groups -OCH3 is 1. The Balaban J connectivity index is 1.59. The van der Waals surface area contributed by atoms with Crippen LogP contribution >= 0.6 is 8.58 Å². The maximum absolute atomic E-state index is 12.0. The molecule has 1 aliphatic rings. The molecule has 1 aliphatic carbocycles. The molecule has 1 aromatic heterocycles. The topological polar surface area (TPSA) is 103 Å². The number of nitrogens with zero attached hydrogens (tertiary/aromatic N) is 2. The minimum Gasteiger partial charge on any atom is -0.487 e. The molecule has 1 heterocycles. The summed E-state index contributed by atoms with van der Waals surface area (Å²) in [6, 6.07) is 12.2. The summed E-state index contributed by atoms with van der Waals surface area (Å²) in [6.07, 6.45) is 6.56. The highest BCUT2D eigenvalue weighted by Crippen LogP contribution is 2.37. The Kier molecular flexibility index (Phi) is 10.1. The number of hydrogen-bond donors (Lipinski definition) is 2. The number of ether oxygens (including phenoxy) is 3. The van der Waals surface area contributed by atoms with Gasteiger partial charge in [0.15, 0.2) is 17.3 Å². The van der Waals surface area contributed by atoms with Crippen LogP contribution in [0.5, 0.6) is 11.5 Å². The molecule has 0 aliphatic heterocycles. The molecule has 198 valence electrons. The quantitative estimate of drug-likeness (QED) is 0.276. The smallest absolute Gasteiger partial charge is 0.163 e. The van der Waals surface area contributed by atoms with Crippen LogP contribution < -0.4 is 20.1 Å². The van der Waals surface area contributed by atoms with Gasteiger partial charge in [-0.3, -0.25) is 4.79 Å². The van der Waals surface area contributed by atoms with E-state index in [-0.39, 0.29) is 24.4 Å². The molecule has 0 bridgehead atoms. The van der Waals surface area contributed by atoms with Gasteiger partial charge in [0.2, 0.25) is 0 Å². The third-order valence-electron chi connectivity index (χ3n) is 6.72. The number of aromatic nitrogens is 2. The van der Waals surface area contributed by atoms with Crippen molar-refractivity contribution >= 4 is 42.1 Å². The van der Waals surface area contributed by atoms with E-state index in [4.69, 9.17) is 14.2 Å². The number of aliphatic hydroxyl groups is 1. The van der Waals surface area contributed by atoms with Crippen molar-refractivity contribution in [2.75, 3.05) is 38.9 Å². The van der Waals surface area contributed by atoms with Crippen LogP contribution in [0.4, 0.5) is 11.5 Å². The molecule has 0 spiro atoms. The fourth-order valence-corrected chi connectivity index (χ4v) is 5.28. The maximum atomic E-state index is 12.0. The largest absolute Gasteiger partial charge is 0.487 e. The molecule has 1 fully saturated rings. The molecule has 1 atom stereocenters. The average Bonchev–Trinajstić information content (AvgIpc) is 2.90. The van der Waals surface area contributed by atoms with Gasteiger partial charge < -0.3 is 24.6 Å². The number of carbonyl (C=O) groups is 1. The molecule has 1 saturated carbocycles. The highest BCUT2D eigenvalue weighted by Gasteiger charge is 2.23. The van der Waals surface area contributed by atoms with Gasteiger partial charge in [-0.15, -0.1) is 0 Å². The molecular formula is C28H36N3O5P. The highest BCUT2D eigenvalue weighted by atomic mass is 31.1. The molecule has 4 rings (SSSR count). The van der Waals surface area contributed by atoms with Gasteiger partial charge in [-0.1, -0.05) is 20.7 Å². The second-order valence-electron chi connectivity index (χ2n) is 9.26. The predicted octanol–water partition coefficient (Wildman–Crippen LogP) is 4.61. The fraction of sp³-hybridized carbons (Fsp3) is 0.464. The Labute approximate surface area is 219 Å². The van der Waals surface area contributed by atoms with Gasteiger partial charge in [0.25, 0.3) is 0 Å². The summed E-state index contributed by atoms with van der Waals surface area (Å²) in [4.78, 5) is 21.0. The number of ketones is 1. The number of benzene rings is 2. The van der Waals surface area contributed by atoms with Crippen LogP contribution in [0.15, 0.2) is 42.7 Å². The zero-order chi connectivity index (χ0) is 26.0. The Bertz CT molecular complexity index is 1180. The first-order valence-electron chi connectivity index (χ1n) is 12.9. The number of anilines is 2. The molecule has 8 nitrogen and oxygen atoms in total. The van der Waals surface area contributed by atoms with Gasteiger partial charge in [0.05, 0.1) is 18.2 Å². The Morgan fingerprint density at radius 2 is 1.89 bits per heavy atom. The fourth-order valence-electron chi connectivity index (χ4n) is 4.71. The van der Waals surface area contributed by atoms with Crippen molar-refractivity contribution in [3.63, 3.8) is 0 Å². The second kappa shape index (κ2) is 13.7. The maximum Gasteiger partial charge on any atom is 0.163 e. The van der Waals surface area contributed by atoms with E-state index < -0.39 is 0 Å². The predicted molar refractivity (Wildman–Crippen MR) is 148 cm³/mol. The van der Waals surface area contributed by atoms with Crippen LogP contribution in [0.3, 0.4) is 0 Å². The lowest BCUT2D eigenvalue weighted by Crippen LogP contribution is -2.24. The van der Waals surface area contributed by atoms with E-state index in [9.17, 15) is 9.90 Å². The first kappa shape index (κ1) is 27.2. The zero-order valence-corrected chi connectivity index (χ0v) is 22.5. The van der Waals surface area contributed by atoms with Crippen molar-refractivity contribution in [1.29, 1.82) is 0 Å². The van der Waals surface area contributed by atoms with Gasteiger partial charge in [-0.05, 0) is 68.7 Å². The summed E-state index contributed by atoms with van der Waals surface area (Å²) < 4.78 is 17.7. The van der Waals surface area contributed by atoms with E-state index in [1.807, 2.05) is 24.3 Å². The van der Waals surface area contributed by atoms with Gasteiger partial charge in [0.1, 0.15) is 25.4 Å². The summed E-state index contributed by atoms with van der Waals surface area (Å²) in [7, 11) is 2.35. The van der Waals surface area contributed by atoms with Crippen LogP contribution in [0, 0.1) is 5.92 Å². The molecule has 2 N–H and O–H groups in total. The normalized spacial score (nSPS) is 18.5. The first-order valence-corrected chi connectivity index (χ1v) is 14.4. The van der Waals surface area contributed by atoms with Crippen LogP contribution in [0.25, 0.3) is 10.9 Å². The Hall–Kier alpha value is -2.80. The van der Waals surface area contributed by atoms with Crippen LogP contribution in [-0.2, 0) is 9.53 Å². The lowest BCUT2D eigenvalue weighted by Gasteiger charge is -2.25. The molecule has 1 unspecified atom stereocenters. The standard InChI is InChI=1S/C28H36N3O5P/c1-34-12-13-35-26-16-24-23(28(30-18-29-24)31-20-8-5-11-22(14-20)37-2)15-27(26)36-21-9-3-6-19(7-4-10-21)25(33)17-32/h5,8,11,14-16,18-19,21,32,37H,3-4,6-7,9-10,12-13,17H2,1-2H3,(H,29,30,31). The number of aliphatic hydroxyl groups excluding tert-OH is 1. The number of Topliss-reactive ketones (excluding diaryl/α,β-unsaturated/α-hetero) is 1. The van der Waals surface area contributed by atoms with Crippen molar-refractivity contribution in [2.45, 2.75) is 44.6 Å². The van der Waals surface area contributed by atoms with E-state index in [0.29, 0.717) is 39.1 Å². The van der Waals surface area contributed by atoms with E-state index in [1.54, 1.807) is 13.4 Å². The third kappa shape index (κ3) is 7.37. The van der Waals surface area contributed by atoms with Crippen molar-refractivity contribution in [3.05, 3.63) is 42.7 Å². The van der Waals surface area contributed by atoms with Gasteiger partial charge in [0, 0.05) is 30.2 Å². The molecule has 3 aromatic rings. The summed E-state index contributed by atoms with van der Waals surface area (Å²) >= 11 is 0.